The fourth-order valence-corrected chi connectivity index (χ4v) is 2.93. The van der Waals surface area contributed by atoms with Gasteiger partial charge in [0.15, 0.2) is 0 Å². The molecule has 1 aromatic carbocycles. The molecule has 0 unspecified atom stereocenters. The van der Waals surface area contributed by atoms with Crippen LogP contribution in [-0.4, -0.2) is 13.4 Å². The summed E-state index contributed by atoms with van der Waals surface area (Å²) in [5, 5.41) is 0. The second kappa shape index (κ2) is 5.56. The second-order valence-electron chi connectivity index (χ2n) is 4.26. The third-order valence-corrected chi connectivity index (χ3v) is 4.11. The van der Waals surface area contributed by atoms with Gasteiger partial charge in [0.25, 0.3) is 10.0 Å². The summed E-state index contributed by atoms with van der Waals surface area (Å²) in [7, 11) is -3.80. The van der Waals surface area contributed by atoms with E-state index in [2.05, 4.69) is 9.71 Å². The van der Waals surface area contributed by atoms with Crippen LogP contribution in [0.25, 0.3) is 0 Å². The van der Waals surface area contributed by atoms with Gasteiger partial charge in [-0.05, 0) is 36.8 Å². The Balaban J connectivity index is 2.42. The van der Waals surface area contributed by atoms with E-state index < -0.39 is 15.8 Å². The lowest BCUT2D eigenvalue weighted by atomic mass is 10.1. The summed E-state index contributed by atoms with van der Waals surface area (Å²) in [5.41, 5.74) is 6.16. The van der Waals surface area contributed by atoms with Crippen LogP contribution in [0.15, 0.2) is 41.6 Å². The number of pyridine rings is 1. The molecule has 0 aliphatic carbocycles. The van der Waals surface area contributed by atoms with E-state index >= 15 is 0 Å². The van der Waals surface area contributed by atoms with Gasteiger partial charge in [0.1, 0.15) is 5.82 Å². The number of anilines is 1. The van der Waals surface area contributed by atoms with Crippen molar-refractivity contribution in [1.82, 2.24) is 4.98 Å². The molecule has 0 bridgehead atoms. The van der Waals surface area contributed by atoms with Crippen LogP contribution in [0.2, 0.25) is 0 Å². The van der Waals surface area contributed by atoms with E-state index in [9.17, 15) is 12.8 Å². The lowest BCUT2D eigenvalue weighted by Gasteiger charge is -2.11. The Morgan fingerprint density at radius 2 is 2.15 bits per heavy atom. The lowest BCUT2D eigenvalue weighted by Crippen LogP contribution is -2.15. The maximum absolute atomic E-state index is 13.7. The number of rotatable bonds is 4. The van der Waals surface area contributed by atoms with E-state index in [1.54, 1.807) is 12.1 Å². The van der Waals surface area contributed by atoms with Crippen molar-refractivity contribution in [3.8, 4) is 0 Å². The van der Waals surface area contributed by atoms with Crippen LogP contribution >= 0.6 is 0 Å². The summed E-state index contributed by atoms with van der Waals surface area (Å²) in [6, 6.07) is 5.69. The van der Waals surface area contributed by atoms with E-state index in [1.165, 1.54) is 31.5 Å². The first-order valence-electron chi connectivity index (χ1n) is 5.86. The van der Waals surface area contributed by atoms with Crippen LogP contribution in [0.4, 0.5) is 10.1 Å². The molecule has 106 valence electrons. The highest BCUT2D eigenvalue weighted by molar-refractivity contribution is 7.92. The predicted octanol–water partition coefficient (Wildman–Crippen LogP) is 1.79. The van der Waals surface area contributed by atoms with Gasteiger partial charge >= 0.3 is 0 Å². The van der Waals surface area contributed by atoms with Gasteiger partial charge in [-0.15, -0.1) is 0 Å². The van der Waals surface area contributed by atoms with Gasteiger partial charge in [-0.1, -0.05) is 0 Å². The van der Waals surface area contributed by atoms with E-state index in [1.807, 2.05) is 0 Å². The quantitative estimate of drug-likeness (QED) is 0.900. The normalized spacial score (nSPS) is 11.3. The maximum Gasteiger partial charge on any atom is 0.261 e. The van der Waals surface area contributed by atoms with E-state index in [-0.39, 0.29) is 22.6 Å². The van der Waals surface area contributed by atoms with E-state index in [0.29, 0.717) is 5.69 Å². The average Bonchev–Trinajstić information content (AvgIpc) is 2.42. The highest BCUT2D eigenvalue weighted by Crippen LogP contribution is 2.21. The molecule has 5 nitrogen and oxygen atoms in total. The van der Waals surface area contributed by atoms with Gasteiger partial charge < -0.3 is 5.73 Å². The van der Waals surface area contributed by atoms with E-state index in [0.717, 1.165) is 0 Å². The smallest absolute Gasteiger partial charge is 0.261 e. The first kappa shape index (κ1) is 14.4. The molecule has 20 heavy (non-hydrogen) atoms. The lowest BCUT2D eigenvalue weighted by molar-refractivity contribution is 0.592. The Hall–Kier alpha value is -1.99. The van der Waals surface area contributed by atoms with Crippen molar-refractivity contribution in [2.24, 2.45) is 5.73 Å². The number of nitrogens with two attached hydrogens (primary N) is 1. The van der Waals surface area contributed by atoms with E-state index in [4.69, 9.17) is 5.73 Å². The number of hydrogen-bond donors (Lipinski definition) is 2. The predicted molar refractivity (Wildman–Crippen MR) is 74.1 cm³/mol. The van der Waals surface area contributed by atoms with Crippen LogP contribution in [0.1, 0.15) is 11.1 Å². The fraction of sp³-hybridized carbons (Fsp3) is 0.154. The summed E-state index contributed by atoms with van der Waals surface area (Å²) < 4.78 is 40.5. The molecule has 0 saturated heterocycles. The minimum atomic E-state index is -3.80. The Kier molecular flexibility index (Phi) is 4.01. The third-order valence-electron chi connectivity index (χ3n) is 2.75. The minimum absolute atomic E-state index is 0.0271. The van der Waals surface area contributed by atoms with Crippen molar-refractivity contribution >= 4 is 15.7 Å². The average molecular weight is 295 g/mol. The molecule has 1 aromatic heterocycles. The molecule has 0 radical (unpaired) electrons. The molecule has 2 rings (SSSR count). The zero-order valence-corrected chi connectivity index (χ0v) is 11.6. The van der Waals surface area contributed by atoms with Crippen molar-refractivity contribution in [2.45, 2.75) is 18.4 Å². The standard InChI is InChI=1S/C13H14FN3O2S/c1-9-5-12(6-10(7-15)13(9)14)20(18,19)17-11-3-2-4-16-8-11/h2-6,8,17H,7,15H2,1H3. The van der Waals surface area contributed by atoms with Crippen molar-refractivity contribution in [2.75, 3.05) is 4.72 Å². The number of benzene rings is 1. The Labute approximate surface area is 116 Å². The van der Waals surface area contributed by atoms with Crippen LogP contribution in [0.5, 0.6) is 0 Å². The van der Waals surface area contributed by atoms with Gasteiger partial charge in [-0.25, -0.2) is 12.8 Å². The second-order valence-corrected chi connectivity index (χ2v) is 5.95. The number of aryl methyl sites for hydroxylation is 1. The largest absolute Gasteiger partial charge is 0.326 e. The SMILES string of the molecule is Cc1cc(S(=O)(=O)Nc2cccnc2)cc(CN)c1F. The number of nitrogens with one attached hydrogen (secondary N) is 1. The molecule has 0 aliphatic rings. The molecule has 3 N–H and O–H groups in total. The Bertz CT molecular complexity index is 718. The van der Waals surface area contributed by atoms with Gasteiger partial charge in [0, 0.05) is 18.3 Å². The number of hydrogen-bond acceptors (Lipinski definition) is 4. The first-order chi connectivity index (χ1) is 9.44. The number of aromatic nitrogens is 1. The molecule has 2 aromatic rings. The monoisotopic (exact) mass is 295 g/mol. The molecule has 0 fully saturated rings. The zero-order chi connectivity index (χ0) is 14.8. The van der Waals surface area contributed by atoms with Crippen LogP contribution < -0.4 is 10.5 Å². The summed E-state index contributed by atoms with van der Waals surface area (Å²) in [4.78, 5) is 3.79. The minimum Gasteiger partial charge on any atom is -0.326 e. The highest BCUT2D eigenvalue weighted by Gasteiger charge is 2.18. The van der Waals surface area contributed by atoms with Crippen LogP contribution in [0, 0.1) is 12.7 Å². The molecule has 1 heterocycles. The maximum atomic E-state index is 13.7. The van der Waals surface area contributed by atoms with Crippen molar-refractivity contribution in [3.05, 3.63) is 53.6 Å². The molecule has 7 heteroatoms. The summed E-state index contributed by atoms with van der Waals surface area (Å²) in [6.07, 6.45) is 2.92. The Morgan fingerprint density at radius 1 is 1.40 bits per heavy atom. The highest BCUT2D eigenvalue weighted by atomic mass is 32.2. The van der Waals surface area contributed by atoms with Gasteiger partial charge in [-0.3, -0.25) is 9.71 Å². The van der Waals surface area contributed by atoms with Crippen molar-refractivity contribution < 1.29 is 12.8 Å². The first-order valence-corrected chi connectivity index (χ1v) is 7.34. The molecule has 0 spiro atoms. The number of nitrogens with zero attached hydrogens (tertiary/aromatic N) is 1. The zero-order valence-electron chi connectivity index (χ0n) is 10.8. The molecular weight excluding hydrogens is 281 g/mol. The van der Waals surface area contributed by atoms with Gasteiger partial charge in [0.2, 0.25) is 0 Å². The van der Waals surface area contributed by atoms with Crippen molar-refractivity contribution in [3.63, 3.8) is 0 Å². The van der Waals surface area contributed by atoms with Crippen molar-refractivity contribution in [1.29, 1.82) is 0 Å². The van der Waals surface area contributed by atoms with Gasteiger partial charge in [0.05, 0.1) is 16.8 Å². The third kappa shape index (κ3) is 2.94. The summed E-state index contributed by atoms with van der Waals surface area (Å²) in [5.74, 6) is -0.479. The van der Waals surface area contributed by atoms with Crippen LogP contribution in [0.3, 0.4) is 0 Å². The summed E-state index contributed by atoms with van der Waals surface area (Å²) >= 11 is 0. The molecule has 0 aliphatic heterocycles. The molecule has 0 saturated carbocycles. The van der Waals surface area contributed by atoms with Gasteiger partial charge in [-0.2, -0.15) is 0 Å². The topological polar surface area (TPSA) is 85.1 Å². The number of sulfonamides is 1. The summed E-state index contributed by atoms with van der Waals surface area (Å²) in [6.45, 7) is 1.43. The number of halogens is 1. The molecular formula is C13H14FN3O2S. The van der Waals surface area contributed by atoms with Crippen LogP contribution in [-0.2, 0) is 16.6 Å². The molecule has 0 atom stereocenters. The Morgan fingerprint density at radius 3 is 2.75 bits per heavy atom. The molecule has 0 amide bonds. The fourth-order valence-electron chi connectivity index (χ4n) is 1.75.